The van der Waals surface area contributed by atoms with Crippen molar-refractivity contribution in [2.75, 3.05) is 18.0 Å². The van der Waals surface area contributed by atoms with Crippen molar-refractivity contribution < 1.29 is 13.9 Å². The Morgan fingerprint density at radius 2 is 1.97 bits per heavy atom. The lowest BCUT2D eigenvalue weighted by Crippen LogP contribution is -2.34. The summed E-state index contributed by atoms with van der Waals surface area (Å²) in [6, 6.07) is 9.17. The Hall–Kier alpha value is -2.89. The zero-order chi connectivity index (χ0) is 20.4. The topological polar surface area (TPSA) is 51.6 Å². The van der Waals surface area contributed by atoms with Crippen molar-refractivity contribution in [3.63, 3.8) is 0 Å². The predicted molar refractivity (Wildman–Crippen MR) is 113 cm³/mol. The Labute approximate surface area is 168 Å². The molecule has 0 spiro atoms. The number of aliphatic imine (C=N–C) groups is 1. The van der Waals surface area contributed by atoms with E-state index < -0.39 is 5.82 Å². The minimum atomic E-state index is -0.390. The molecule has 1 saturated heterocycles. The lowest BCUT2D eigenvalue weighted by Gasteiger charge is -2.33. The van der Waals surface area contributed by atoms with Crippen molar-refractivity contribution >= 4 is 28.5 Å². The first-order valence-corrected chi connectivity index (χ1v) is 10.1. The second-order valence-electron chi connectivity index (χ2n) is 7.69. The van der Waals surface area contributed by atoms with Gasteiger partial charge >= 0.3 is 0 Å². The summed E-state index contributed by atoms with van der Waals surface area (Å²) in [4.78, 5) is 9.14. The standard InChI is InChI=1S/C23H25F2N3O/c1-2-3-15-8-10-28(11-9-15)22-7-5-17(13-20(22)25)26-14-19-18-6-4-16(24)12-21(18)27-23(19)29/h4-7,12-15,27,29H,2-3,8-11H2,1H3. The summed E-state index contributed by atoms with van der Waals surface area (Å²) in [7, 11) is 0. The predicted octanol–water partition coefficient (Wildman–Crippen LogP) is 5.92. The SMILES string of the molecule is CCCC1CCN(c2ccc(N=Cc3c(O)[nH]c4cc(F)ccc34)cc2F)CC1. The van der Waals surface area contributed by atoms with Gasteiger partial charge in [-0.2, -0.15) is 0 Å². The number of fused-ring (bicyclic) bond motifs is 1. The van der Waals surface area contributed by atoms with Gasteiger partial charge in [-0.1, -0.05) is 19.8 Å². The highest BCUT2D eigenvalue weighted by Gasteiger charge is 2.20. The van der Waals surface area contributed by atoms with Gasteiger partial charge in [-0.3, -0.25) is 4.99 Å². The maximum atomic E-state index is 14.7. The fourth-order valence-corrected chi connectivity index (χ4v) is 4.15. The van der Waals surface area contributed by atoms with Crippen LogP contribution in [0.4, 0.5) is 20.2 Å². The van der Waals surface area contributed by atoms with E-state index in [1.165, 1.54) is 37.3 Å². The number of nitrogens with one attached hydrogen (secondary N) is 1. The lowest BCUT2D eigenvalue weighted by molar-refractivity contribution is 0.376. The molecule has 1 aliphatic heterocycles. The van der Waals surface area contributed by atoms with Crippen LogP contribution in [-0.4, -0.2) is 29.4 Å². The number of benzene rings is 2. The highest BCUT2D eigenvalue weighted by molar-refractivity contribution is 6.02. The van der Waals surface area contributed by atoms with Crippen molar-refractivity contribution in [1.29, 1.82) is 0 Å². The summed E-state index contributed by atoms with van der Waals surface area (Å²) in [5.74, 6) is -0.0284. The molecule has 0 saturated carbocycles. The number of aromatic amines is 1. The normalized spacial score (nSPS) is 15.6. The Morgan fingerprint density at radius 1 is 1.17 bits per heavy atom. The molecule has 29 heavy (non-hydrogen) atoms. The molecule has 4 nitrogen and oxygen atoms in total. The Morgan fingerprint density at radius 3 is 2.69 bits per heavy atom. The molecule has 0 amide bonds. The van der Waals surface area contributed by atoms with Gasteiger partial charge < -0.3 is 15.0 Å². The van der Waals surface area contributed by atoms with Crippen LogP contribution < -0.4 is 4.90 Å². The lowest BCUT2D eigenvalue weighted by atomic mass is 9.92. The van der Waals surface area contributed by atoms with Crippen molar-refractivity contribution in [1.82, 2.24) is 4.98 Å². The summed E-state index contributed by atoms with van der Waals surface area (Å²) in [5.41, 5.74) is 2.01. The van der Waals surface area contributed by atoms with Gasteiger partial charge in [0.15, 0.2) is 5.88 Å². The van der Waals surface area contributed by atoms with Crippen molar-refractivity contribution in [3.05, 3.63) is 53.6 Å². The maximum Gasteiger partial charge on any atom is 0.198 e. The van der Waals surface area contributed by atoms with Crippen LogP contribution in [0.1, 0.15) is 38.2 Å². The number of aromatic nitrogens is 1. The van der Waals surface area contributed by atoms with Gasteiger partial charge in [-0.25, -0.2) is 8.78 Å². The minimum Gasteiger partial charge on any atom is -0.494 e. The fourth-order valence-electron chi connectivity index (χ4n) is 4.15. The van der Waals surface area contributed by atoms with Crippen LogP contribution >= 0.6 is 0 Å². The van der Waals surface area contributed by atoms with E-state index in [0.29, 0.717) is 27.8 Å². The third-order valence-electron chi connectivity index (χ3n) is 5.71. The second kappa shape index (κ2) is 8.23. The molecule has 2 aromatic carbocycles. The van der Waals surface area contributed by atoms with Crippen LogP contribution in [0.5, 0.6) is 5.88 Å². The summed E-state index contributed by atoms with van der Waals surface area (Å²) in [6.45, 7) is 3.97. The quantitative estimate of drug-likeness (QED) is 0.525. The first kappa shape index (κ1) is 19.4. The number of hydrogen-bond donors (Lipinski definition) is 2. The third-order valence-corrected chi connectivity index (χ3v) is 5.71. The zero-order valence-electron chi connectivity index (χ0n) is 16.5. The number of halogens is 2. The second-order valence-corrected chi connectivity index (χ2v) is 7.69. The molecule has 0 aliphatic carbocycles. The molecule has 2 heterocycles. The van der Waals surface area contributed by atoms with Gasteiger partial charge in [0.25, 0.3) is 0 Å². The summed E-state index contributed by atoms with van der Waals surface area (Å²) in [5, 5.41) is 10.7. The number of aromatic hydroxyl groups is 1. The van der Waals surface area contributed by atoms with E-state index in [1.54, 1.807) is 18.2 Å². The van der Waals surface area contributed by atoms with Gasteiger partial charge in [-0.05, 0) is 49.1 Å². The molecule has 0 radical (unpaired) electrons. The number of anilines is 1. The number of nitrogens with zero attached hydrogens (tertiary/aromatic N) is 2. The van der Waals surface area contributed by atoms with Crippen LogP contribution in [0.25, 0.3) is 10.9 Å². The number of hydrogen-bond acceptors (Lipinski definition) is 3. The highest BCUT2D eigenvalue weighted by Crippen LogP contribution is 2.31. The average molecular weight is 397 g/mol. The van der Waals surface area contributed by atoms with Crippen molar-refractivity contribution in [2.45, 2.75) is 32.6 Å². The molecule has 4 rings (SSSR count). The van der Waals surface area contributed by atoms with E-state index in [-0.39, 0.29) is 11.7 Å². The molecular weight excluding hydrogens is 372 g/mol. The van der Waals surface area contributed by atoms with Crippen LogP contribution in [-0.2, 0) is 0 Å². The number of piperidine rings is 1. The van der Waals surface area contributed by atoms with Crippen LogP contribution in [0.2, 0.25) is 0 Å². The minimum absolute atomic E-state index is 0.0959. The molecule has 2 N–H and O–H groups in total. The summed E-state index contributed by atoms with van der Waals surface area (Å²) in [6.07, 6.45) is 6.13. The summed E-state index contributed by atoms with van der Waals surface area (Å²) < 4.78 is 28.1. The Kier molecular flexibility index (Phi) is 5.51. The van der Waals surface area contributed by atoms with E-state index in [4.69, 9.17) is 0 Å². The number of H-pyrrole nitrogens is 1. The molecule has 0 unspecified atom stereocenters. The first-order chi connectivity index (χ1) is 14.0. The number of rotatable bonds is 5. The van der Waals surface area contributed by atoms with Crippen LogP contribution in [0.15, 0.2) is 41.4 Å². The van der Waals surface area contributed by atoms with E-state index >= 15 is 0 Å². The maximum absolute atomic E-state index is 14.7. The van der Waals surface area contributed by atoms with E-state index in [1.807, 2.05) is 0 Å². The molecule has 0 bridgehead atoms. The summed E-state index contributed by atoms with van der Waals surface area (Å²) >= 11 is 0. The molecular formula is C23H25F2N3O. The zero-order valence-corrected chi connectivity index (χ0v) is 16.5. The van der Waals surface area contributed by atoms with Crippen molar-refractivity contribution in [2.24, 2.45) is 10.9 Å². The van der Waals surface area contributed by atoms with E-state index in [2.05, 4.69) is 21.8 Å². The Bertz CT molecular complexity index is 1040. The van der Waals surface area contributed by atoms with Gasteiger partial charge in [0, 0.05) is 30.8 Å². The highest BCUT2D eigenvalue weighted by atomic mass is 19.1. The molecule has 1 aromatic heterocycles. The van der Waals surface area contributed by atoms with E-state index in [0.717, 1.165) is 31.8 Å². The average Bonchev–Trinajstić information content (AvgIpc) is 3.01. The van der Waals surface area contributed by atoms with Gasteiger partial charge in [0.2, 0.25) is 0 Å². The molecule has 0 atom stereocenters. The first-order valence-electron chi connectivity index (χ1n) is 10.1. The van der Waals surface area contributed by atoms with Crippen molar-refractivity contribution in [3.8, 4) is 5.88 Å². The molecule has 6 heteroatoms. The van der Waals surface area contributed by atoms with Gasteiger partial charge in [0.1, 0.15) is 11.6 Å². The monoisotopic (exact) mass is 397 g/mol. The largest absolute Gasteiger partial charge is 0.494 e. The molecule has 3 aromatic rings. The van der Waals surface area contributed by atoms with Crippen LogP contribution in [0.3, 0.4) is 0 Å². The molecule has 1 aliphatic rings. The van der Waals surface area contributed by atoms with E-state index in [9.17, 15) is 13.9 Å². The van der Waals surface area contributed by atoms with Crippen LogP contribution in [0, 0.1) is 17.6 Å². The third kappa shape index (κ3) is 4.11. The van der Waals surface area contributed by atoms with Gasteiger partial charge in [-0.15, -0.1) is 0 Å². The smallest absolute Gasteiger partial charge is 0.198 e. The van der Waals surface area contributed by atoms with Gasteiger partial charge in [0.05, 0.1) is 22.5 Å². The fraction of sp³-hybridized carbons (Fsp3) is 0.348. The Balaban J connectivity index is 1.51. The molecule has 152 valence electrons. The molecule has 1 fully saturated rings.